The molecule has 0 unspecified atom stereocenters. The van der Waals surface area contributed by atoms with Crippen molar-refractivity contribution in [3.63, 3.8) is 0 Å². The van der Waals surface area contributed by atoms with Gasteiger partial charge in [-0.1, -0.05) is 18.2 Å². The molecule has 0 radical (unpaired) electrons. The fourth-order valence-corrected chi connectivity index (χ4v) is 4.28. The van der Waals surface area contributed by atoms with Gasteiger partial charge in [-0.3, -0.25) is 9.59 Å². The zero-order chi connectivity index (χ0) is 22.3. The van der Waals surface area contributed by atoms with Gasteiger partial charge in [-0.05, 0) is 25.0 Å². The summed E-state index contributed by atoms with van der Waals surface area (Å²) in [6.45, 7) is -1.89. The van der Waals surface area contributed by atoms with Crippen LogP contribution in [-0.4, -0.2) is 71.0 Å². The highest BCUT2D eigenvalue weighted by Crippen LogP contribution is 2.47. The van der Waals surface area contributed by atoms with E-state index in [-0.39, 0.29) is 18.7 Å². The van der Waals surface area contributed by atoms with Gasteiger partial charge in [-0.2, -0.15) is 13.2 Å². The lowest BCUT2D eigenvalue weighted by molar-refractivity contribution is -0.171. The number of alkyl halides is 3. The van der Waals surface area contributed by atoms with Crippen molar-refractivity contribution in [3.05, 3.63) is 41.5 Å². The van der Waals surface area contributed by atoms with E-state index in [1.165, 1.54) is 6.08 Å². The van der Waals surface area contributed by atoms with Gasteiger partial charge in [-0.25, -0.2) is 0 Å². The average molecular weight is 440 g/mol. The molecular weight excluding hydrogens is 417 g/mol. The number of carbonyl (C=O) groups is 2. The molecule has 1 aromatic rings. The van der Waals surface area contributed by atoms with E-state index in [1.54, 1.807) is 24.3 Å². The molecule has 4 atom stereocenters. The second-order valence-corrected chi connectivity index (χ2v) is 8.04. The maximum atomic E-state index is 13.3. The first-order valence-corrected chi connectivity index (χ1v) is 10.1. The normalized spacial score (nSPS) is 26.9. The minimum Gasteiger partial charge on any atom is -0.486 e. The smallest absolute Gasteiger partial charge is 0.406 e. The maximum Gasteiger partial charge on any atom is 0.406 e. The Kier molecular flexibility index (Phi) is 5.69. The van der Waals surface area contributed by atoms with Gasteiger partial charge < -0.3 is 25.2 Å². The zero-order valence-corrected chi connectivity index (χ0v) is 16.5. The number of nitrogens with one attached hydrogen (secondary N) is 1. The van der Waals surface area contributed by atoms with Crippen molar-refractivity contribution < 1.29 is 37.7 Å². The Balaban J connectivity index is 1.75. The fourth-order valence-electron chi connectivity index (χ4n) is 4.28. The third kappa shape index (κ3) is 4.27. The summed E-state index contributed by atoms with van der Waals surface area (Å²) in [6.07, 6.45) is -4.92. The minimum atomic E-state index is -4.67. The molecule has 7 nitrogen and oxygen atoms in total. The lowest BCUT2D eigenvalue weighted by Crippen LogP contribution is -2.57. The largest absolute Gasteiger partial charge is 0.486 e. The van der Waals surface area contributed by atoms with Crippen LogP contribution in [0.25, 0.3) is 0 Å². The summed E-state index contributed by atoms with van der Waals surface area (Å²) in [6, 6.07) is 5.45. The molecule has 4 rings (SSSR count). The SMILES string of the molecule is O=C(NCCO)C1=C[C@@H](N(CC(F)(F)F)C(=O)C2CC2)[C@H](O)[C@H]2Oc3ccccc3[C@@H]12. The Morgan fingerprint density at radius 2 is 1.94 bits per heavy atom. The van der Waals surface area contributed by atoms with E-state index in [9.17, 15) is 27.9 Å². The van der Waals surface area contributed by atoms with Crippen LogP contribution in [0.15, 0.2) is 35.9 Å². The summed E-state index contributed by atoms with van der Waals surface area (Å²) in [4.78, 5) is 26.1. The molecule has 2 amide bonds. The molecule has 1 heterocycles. The quantitative estimate of drug-likeness (QED) is 0.616. The lowest BCUT2D eigenvalue weighted by atomic mass is 9.77. The molecule has 1 aromatic carbocycles. The van der Waals surface area contributed by atoms with Gasteiger partial charge in [0.2, 0.25) is 11.8 Å². The Morgan fingerprint density at radius 3 is 2.58 bits per heavy atom. The van der Waals surface area contributed by atoms with Crippen molar-refractivity contribution in [2.24, 2.45) is 5.92 Å². The number of carbonyl (C=O) groups excluding carboxylic acids is 2. The summed E-state index contributed by atoms with van der Waals surface area (Å²) in [5.74, 6) is -2.07. The van der Waals surface area contributed by atoms with Crippen LogP contribution in [0.1, 0.15) is 24.3 Å². The van der Waals surface area contributed by atoms with Crippen molar-refractivity contribution >= 4 is 11.8 Å². The molecule has 1 aliphatic heterocycles. The number of nitrogens with zero attached hydrogens (tertiary/aromatic N) is 1. The number of fused-ring (bicyclic) bond motifs is 3. The van der Waals surface area contributed by atoms with Crippen LogP contribution in [0.4, 0.5) is 13.2 Å². The number of hydrogen-bond acceptors (Lipinski definition) is 5. The molecule has 10 heteroatoms. The standard InChI is InChI=1S/C21H23F3N2O5/c22-21(23,24)10-26(20(30)11-5-6-11)14-9-13(19(29)25-7-8-27)16-12-3-1-2-4-15(12)31-18(16)17(14)28/h1-4,9,11,14,16-18,27-28H,5-8,10H2,(H,25,29)/t14-,16+,17+,18+/m1/s1. The van der Waals surface area contributed by atoms with Crippen molar-refractivity contribution in [1.82, 2.24) is 10.2 Å². The summed E-state index contributed by atoms with van der Waals surface area (Å²) in [5.41, 5.74) is 0.737. The van der Waals surface area contributed by atoms with E-state index in [0.717, 1.165) is 0 Å². The molecule has 3 N–H and O–H groups in total. The average Bonchev–Trinajstić information content (AvgIpc) is 3.50. The predicted molar refractivity (Wildman–Crippen MR) is 102 cm³/mol. The molecule has 3 aliphatic rings. The molecule has 0 saturated heterocycles. The summed E-state index contributed by atoms with van der Waals surface area (Å²) >= 11 is 0. The first-order chi connectivity index (χ1) is 14.7. The number of rotatable bonds is 6. The molecule has 1 fully saturated rings. The Labute approximate surface area is 176 Å². The van der Waals surface area contributed by atoms with E-state index < -0.39 is 54.6 Å². The molecular formula is C21H23F3N2O5. The lowest BCUT2D eigenvalue weighted by Gasteiger charge is -2.41. The number of amides is 2. The van der Waals surface area contributed by atoms with Crippen LogP contribution < -0.4 is 10.1 Å². The molecule has 2 aliphatic carbocycles. The highest BCUT2D eigenvalue weighted by Gasteiger charge is 2.52. The van der Waals surface area contributed by atoms with Crippen molar-refractivity contribution in [3.8, 4) is 5.75 Å². The Hall–Kier alpha value is -2.59. The van der Waals surface area contributed by atoms with E-state index in [0.29, 0.717) is 29.1 Å². The molecule has 0 spiro atoms. The number of benzene rings is 1. The van der Waals surface area contributed by atoms with Gasteiger partial charge in [-0.15, -0.1) is 0 Å². The van der Waals surface area contributed by atoms with Crippen LogP contribution in [0.5, 0.6) is 5.75 Å². The third-order valence-corrected chi connectivity index (χ3v) is 5.80. The predicted octanol–water partition coefficient (Wildman–Crippen LogP) is 1.11. The second-order valence-electron chi connectivity index (χ2n) is 8.04. The zero-order valence-electron chi connectivity index (χ0n) is 16.5. The molecule has 0 bridgehead atoms. The Bertz CT molecular complexity index is 899. The molecule has 168 valence electrons. The van der Waals surface area contributed by atoms with Crippen molar-refractivity contribution in [2.45, 2.75) is 43.2 Å². The number of aliphatic hydroxyl groups excluding tert-OH is 2. The van der Waals surface area contributed by atoms with Gasteiger partial charge >= 0.3 is 6.18 Å². The van der Waals surface area contributed by atoms with Gasteiger partial charge in [0.05, 0.1) is 18.6 Å². The summed E-state index contributed by atoms with van der Waals surface area (Å²) < 4.78 is 45.7. The van der Waals surface area contributed by atoms with Crippen LogP contribution in [0.2, 0.25) is 0 Å². The molecule has 0 aromatic heterocycles. The molecule has 31 heavy (non-hydrogen) atoms. The first kappa shape index (κ1) is 21.6. The topological polar surface area (TPSA) is 99.1 Å². The number of aliphatic hydroxyl groups is 2. The van der Waals surface area contributed by atoms with Gasteiger partial charge in [0.1, 0.15) is 24.5 Å². The van der Waals surface area contributed by atoms with E-state index in [1.807, 2.05) is 0 Å². The summed E-state index contributed by atoms with van der Waals surface area (Å²) in [7, 11) is 0. The number of para-hydroxylation sites is 1. The number of hydrogen-bond donors (Lipinski definition) is 3. The molecule has 1 saturated carbocycles. The number of halogens is 3. The number of ether oxygens (including phenoxy) is 1. The van der Waals surface area contributed by atoms with Crippen molar-refractivity contribution in [2.75, 3.05) is 19.7 Å². The van der Waals surface area contributed by atoms with Crippen LogP contribution >= 0.6 is 0 Å². The third-order valence-electron chi connectivity index (χ3n) is 5.80. The van der Waals surface area contributed by atoms with Gasteiger partial charge in [0, 0.05) is 23.6 Å². The van der Waals surface area contributed by atoms with Crippen LogP contribution in [-0.2, 0) is 9.59 Å². The first-order valence-electron chi connectivity index (χ1n) is 10.1. The highest BCUT2D eigenvalue weighted by molar-refractivity contribution is 5.96. The van der Waals surface area contributed by atoms with E-state index >= 15 is 0 Å². The minimum absolute atomic E-state index is 0.0451. The highest BCUT2D eigenvalue weighted by atomic mass is 19.4. The Morgan fingerprint density at radius 1 is 1.23 bits per heavy atom. The van der Waals surface area contributed by atoms with Gasteiger partial charge in [0.25, 0.3) is 0 Å². The summed E-state index contributed by atoms with van der Waals surface area (Å²) in [5, 5.41) is 22.5. The van der Waals surface area contributed by atoms with E-state index in [2.05, 4.69) is 5.32 Å². The van der Waals surface area contributed by atoms with Gasteiger partial charge in [0.15, 0.2) is 0 Å². The van der Waals surface area contributed by atoms with Crippen molar-refractivity contribution in [1.29, 1.82) is 0 Å². The second kappa shape index (κ2) is 8.16. The fraction of sp³-hybridized carbons (Fsp3) is 0.524. The van der Waals surface area contributed by atoms with Crippen LogP contribution in [0, 0.1) is 5.92 Å². The van der Waals surface area contributed by atoms with E-state index in [4.69, 9.17) is 9.84 Å². The maximum absolute atomic E-state index is 13.3. The van der Waals surface area contributed by atoms with Crippen LogP contribution in [0.3, 0.4) is 0 Å². The monoisotopic (exact) mass is 440 g/mol.